The first-order valence-electron chi connectivity index (χ1n) is 26.2. The molecular weight excluding hydrogens is 942 g/mol. The molecule has 0 aliphatic carbocycles. The summed E-state index contributed by atoms with van der Waals surface area (Å²) in [6, 6.07) is 0. The van der Waals surface area contributed by atoms with Gasteiger partial charge in [0.05, 0.1) is 0 Å². The number of rotatable bonds is 44. The molecule has 0 aliphatic rings. The predicted octanol–water partition coefficient (Wildman–Crippen LogP) is 18.1. The Labute approximate surface area is 392 Å². The Hall–Kier alpha value is 0.497. The van der Waals surface area contributed by atoms with Gasteiger partial charge in [-0.2, -0.15) is 0 Å². The molecule has 5 nitrogen and oxygen atoms in total. The number of hydrogen-bond donors (Lipinski definition) is 2. The van der Waals surface area contributed by atoms with Crippen LogP contribution in [0.5, 0.6) is 0 Å². The van der Waals surface area contributed by atoms with Gasteiger partial charge >= 0.3 is 151 Å². The van der Waals surface area contributed by atoms with E-state index < -0.39 is 11.9 Å². The number of hydrogen-bond acceptors (Lipinski definition) is 2. The van der Waals surface area contributed by atoms with Crippen molar-refractivity contribution in [3.05, 3.63) is 0 Å². The molecule has 0 aromatic heterocycles. The van der Waals surface area contributed by atoms with Gasteiger partial charge in [0.1, 0.15) is 0 Å². The second-order valence-electron chi connectivity index (χ2n) is 17.1. The molecule has 0 aliphatic heterocycles. The van der Waals surface area contributed by atoms with Crippen LogP contribution in [0.15, 0.2) is 0 Å². The maximum Gasteiger partial charge on any atom is -0.412 e. The minimum atomic E-state index is -0.653. The van der Waals surface area contributed by atoms with Crippen LogP contribution in [0, 0.1) is 0 Å². The van der Waals surface area contributed by atoms with Crippen molar-refractivity contribution < 1.29 is 25.3 Å². The van der Waals surface area contributed by atoms with Crippen molar-refractivity contribution in [1.29, 1.82) is 0 Å². The Bertz CT molecular complexity index is 639. The zero-order valence-corrected chi connectivity index (χ0v) is 47.0. The number of unbranched alkanes of at least 4 members (excludes halogenated alkanes) is 32. The van der Waals surface area contributed by atoms with Crippen LogP contribution < -0.4 is 0 Å². The average Bonchev–Trinajstić information content (AvgIpc) is 3.21. The summed E-state index contributed by atoms with van der Waals surface area (Å²) in [7, 11) is 0. The van der Waals surface area contributed by atoms with E-state index in [-0.39, 0.29) is 47.8 Å². The van der Waals surface area contributed by atoms with Crippen molar-refractivity contribution in [1.82, 2.24) is 0 Å². The van der Waals surface area contributed by atoms with Crippen LogP contribution in [-0.4, -0.2) is 69.9 Å². The second kappa shape index (κ2) is 70.2. The summed E-state index contributed by atoms with van der Waals surface area (Å²) in [5.41, 5.74) is 0. The van der Waals surface area contributed by atoms with Gasteiger partial charge in [-0.25, -0.2) is 0 Å². The van der Waals surface area contributed by atoms with E-state index in [9.17, 15) is 9.59 Å². The van der Waals surface area contributed by atoms with E-state index in [1.54, 1.807) is 17.7 Å². The Morgan fingerprint density at radius 1 is 0.271 bits per heavy atom. The SMILES string of the molecule is CCCCCCCCCCCCCCCCCC(=O)O.CCCCCCCCCCCCCCCCCC(=O)O.CCC[CH2][Sn][CH2]CCC.CCC[CH2][Sn][CH2]CCC.O. The zero-order chi connectivity index (χ0) is 43.7. The molecule has 0 atom stereocenters. The summed E-state index contributed by atoms with van der Waals surface area (Å²) in [6.07, 6.45) is 52.1. The van der Waals surface area contributed by atoms with Crippen LogP contribution in [0.1, 0.15) is 298 Å². The van der Waals surface area contributed by atoms with Gasteiger partial charge in [0.2, 0.25) is 0 Å². The van der Waals surface area contributed by atoms with Gasteiger partial charge in [0, 0.05) is 12.8 Å². The van der Waals surface area contributed by atoms with Gasteiger partial charge in [-0.3, -0.25) is 9.59 Å². The molecule has 0 amide bonds. The molecule has 59 heavy (non-hydrogen) atoms. The molecular formula is C52H110O5Sn2. The topological polar surface area (TPSA) is 106 Å². The van der Waals surface area contributed by atoms with E-state index in [2.05, 4.69) is 41.5 Å². The smallest absolute Gasteiger partial charge is 0.412 e. The molecule has 0 aromatic carbocycles. The second-order valence-corrected chi connectivity index (χ2v) is 25.7. The third-order valence-corrected chi connectivity index (χ3v) is 18.9. The molecule has 0 aromatic rings. The van der Waals surface area contributed by atoms with Crippen molar-refractivity contribution in [2.45, 2.75) is 316 Å². The van der Waals surface area contributed by atoms with Crippen LogP contribution in [0.4, 0.5) is 0 Å². The van der Waals surface area contributed by atoms with E-state index in [1.807, 2.05) is 0 Å². The number of carbonyl (C=O) groups is 2. The molecule has 0 rings (SSSR count). The minimum Gasteiger partial charge on any atom is -0.412 e. The van der Waals surface area contributed by atoms with Crippen molar-refractivity contribution >= 4 is 54.2 Å². The fourth-order valence-electron chi connectivity index (χ4n) is 6.75. The molecule has 0 saturated heterocycles. The van der Waals surface area contributed by atoms with Crippen molar-refractivity contribution in [3.8, 4) is 0 Å². The summed E-state index contributed by atoms with van der Waals surface area (Å²) in [4.78, 5) is 20.7. The van der Waals surface area contributed by atoms with Crippen LogP contribution in [0.25, 0.3) is 0 Å². The van der Waals surface area contributed by atoms with Gasteiger partial charge in [-0.15, -0.1) is 0 Å². The van der Waals surface area contributed by atoms with Gasteiger partial charge in [0.25, 0.3) is 0 Å². The summed E-state index contributed by atoms with van der Waals surface area (Å²) in [6.45, 7) is 13.7. The van der Waals surface area contributed by atoms with Crippen LogP contribution in [0.3, 0.4) is 0 Å². The number of carboxylic acid groups (broad SMARTS) is 2. The number of aliphatic carboxylic acids is 2. The Kier molecular flexibility index (Phi) is 81.5. The first-order valence-corrected chi connectivity index (χ1v) is 34.3. The molecule has 7 heteroatoms. The zero-order valence-electron chi connectivity index (χ0n) is 41.3. The van der Waals surface area contributed by atoms with Crippen molar-refractivity contribution in [2.75, 3.05) is 0 Å². The minimum absolute atomic E-state index is 0. The maximum absolute atomic E-state index is 10.3. The maximum atomic E-state index is 10.3. The van der Waals surface area contributed by atoms with Crippen molar-refractivity contribution in [3.63, 3.8) is 0 Å². The van der Waals surface area contributed by atoms with Gasteiger partial charge in [0.15, 0.2) is 0 Å². The number of carboxylic acids is 2. The van der Waals surface area contributed by atoms with E-state index in [0.29, 0.717) is 12.8 Å². The third kappa shape index (κ3) is 86.4. The summed E-state index contributed by atoms with van der Waals surface area (Å²) in [5.74, 6) is -1.31. The first-order chi connectivity index (χ1) is 28.4. The van der Waals surface area contributed by atoms with Gasteiger partial charge in [-0.1, -0.05) is 194 Å². The Balaban J connectivity index is -0.000000233. The fraction of sp³-hybridized carbons (Fsp3) is 0.962. The average molecular weight is 1050 g/mol. The molecule has 0 fully saturated rings. The van der Waals surface area contributed by atoms with Gasteiger partial charge < -0.3 is 15.7 Å². The third-order valence-electron chi connectivity index (χ3n) is 10.8. The fourth-order valence-corrected chi connectivity index (χ4v) is 15.1. The molecule has 0 heterocycles. The Morgan fingerprint density at radius 3 is 0.576 bits per heavy atom. The summed E-state index contributed by atoms with van der Waals surface area (Å²) in [5, 5.41) is 17.0. The molecule has 4 N–H and O–H groups in total. The van der Waals surface area contributed by atoms with Crippen LogP contribution >= 0.6 is 0 Å². The standard InChI is InChI=1S/2C18H36O2.4C4H9.H2O.2Sn/c2*1-2-3-4-5-6-7-8-9-10-11-12-13-14-15-16-17-18(19)20;4*1-3-4-2;;;/h2*2-17H2,1H3,(H,19,20);4*1,3-4H2,2H3;1H2;;. The first kappa shape index (κ1) is 68.6. The summed E-state index contributed by atoms with van der Waals surface area (Å²) >= 11 is 0.299. The molecule has 0 bridgehead atoms. The predicted molar refractivity (Wildman–Crippen MR) is 268 cm³/mol. The molecule has 356 valence electrons. The van der Waals surface area contributed by atoms with Crippen molar-refractivity contribution in [2.24, 2.45) is 0 Å². The van der Waals surface area contributed by atoms with Crippen LogP contribution in [-0.2, 0) is 9.59 Å². The van der Waals surface area contributed by atoms with E-state index in [0.717, 1.165) is 25.7 Å². The molecule has 0 spiro atoms. The normalized spacial score (nSPS) is 10.4. The quantitative estimate of drug-likeness (QED) is 0.0468. The van der Waals surface area contributed by atoms with Gasteiger partial charge in [-0.05, 0) is 12.8 Å². The van der Waals surface area contributed by atoms with Crippen LogP contribution in [0.2, 0.25) is 17.7 Å². The summed E-state index contributed by atoms with van der Waals surface area (Å²) < 4.78 is 6.50. The van der Waals surface area contributed by atoms with E-state index >= 15 is 0 Å². The molecule has 0 unspecified atom stereocenters. The molecule has 0 saturated carbocycles. The van der Waals surface area contributed by atoms with E-state index in [4.69, 9.17) is 10.2 Å². The van der Waals surface area contributed by atoms with E-state index in [1.165, 1.54) is 218 Å². The molecule has 4 radical (unpaired) electrons. The monoisotopic (exact) mass is 1050 g/mol. The largest absolute Gasteiger partial charge is 0.412 e. The Morgan fingerprint density at radius 2 is 0.424 bits per heavy atom.